The number of hydrogen-bond acceptors (Lipinski definition) is 3. The third kappa shape index (κ3) is 3.37. The summed E-state index contributed by atoms with van der Waals surface area (Å²) in [7, 11) is 1.74. The number of benzene rings is 1. The van der Waals surface area contributed by atoms with Gasteiger partial charge in [0.15, 0.2) is 0 Å². The standard InChI is InChI=1S/C13H15ClN2O3S/c1-16(9-4-5-20-7-9)13(19)15-11-6-8(12(17)18)2-3-10(11)14/h2-3,6,9H,4-5,7H2,1H3,(H,15,19)(H,17,18). The maximum atomic E-state index is 12.1. The Morgan fingerprint density at radius 1 is 1.50 bits per heavy atom. The van der Waals surface area contributed by atoms with E-state index < -0.39 is 5.97 Å². The minimum absolute atomic E-state index is 0.0868. The van der Waals surface area contributed by atoms with Crippen LogP contribution in [-0.2, 0) is 0 Å². The highest BCUT2D eigenvalue weighted by Crippen LogP contribution is 2.25. The smallest absolute Gasteiger partial charge is 0.335 e. The van der Waals surface area contributed by atoms with Crippen molar-refractivity contribution in [3.8, 4) is 0 Å². The van der Waals surface area contributed by atoms with Gasteiger partial charge in [0.25, 0.3) is 0 Å². The number of carbonyl (C=O) groups is 2. The number of nitrogens with one attached hydrogen (secondary N) is 1. The lowest BCUT2D eigenvalue weighted by Gasteiger charge is -2.24. The molecule has 0 aliphatic carbocycles. The fourth-order valence-electron chi connectivity index (χ4n) is 1.95. The molecule has 1 saturated heterocycles. The molecule has 0 radical (unpaired) electrons. The van der Waals surface area contributed by atoms with Gasteiger partial charge in [-0.3, -0.25) is 0 Å². The molecule has 108 valence electrons. The van der Waals surface area contributed by atoms with Crippen molar-refractivity contribution in [3.05, 3.63) is 28.8 Å². The second kappa shape index (κ2) is 6.37. The third-order valence-electron chi connectivity index (χ3n) is 3.23. The van der Waals surface area contributed by atoms with E-state index in [1.807, 2.05) is 11.8 Å². The van der Waals surface area contributed by atoms with Gasteiger partial charge in [0.2, 0.25) is 0 Å². The normalized spacial score (nSPS) is 17.8. The number of carboxylic acid groups (broad SMARTS) is 1. The third-order valence-corrected chi connectivity index (χ3v) is 4.70. The number of carboxylic acids is 1. The average Bonchev–Trinajstić information content (AvgIpc) is 2.94. The van der Waals surface area contributed by atoms with Crippen molar-refractivity contribution in [2.75, 3.05) is 23.9 Å². The number of rotatable bonds is 3. The highest BCUT2D eigenvalue weighted by atomic mass is 35.5. The van der Waals surface area contributed by atoms with Gasteiger partial charge < -0.3 is 15.3 Å². The lowest BCUT2D eigenvalue weighted by molar-refractivity contribution is 0.0697. The number of carbonyl (C=O) groups excluding carboxylic acids is 1. The first kappa shape index (κ1) is 15.0. The molecule has 0 saturated carbocycles. The number of aromatic carboxylic acids is 1. The Balaban J connectivity index is 2.10. The van der Waals surface area contributed by atoms with Crippen molar-refractivity contribution in [1.82, 2.24) is 4.90 Å². The lowest BCUT2D eigenvalue weighted by atomic mass is 10.2. The fourth-order valence-corrected chi connectivity index (χ4v) is 3.38. The minimum atomic E-state index is -1.06. The molecule has 1 aliphatic rings. The summed E-state index contributed by atoms with van der Waals surface area (Å²) < 4.78 is 0. The van der Waals surface area contributed by atoms with E-state index in [2.05, 4.69) is 5.32 Å². The molecule has 1 aromatic carbocycles. The summed E-state index contributed by atoms with van der Waals surface area (Å²) in [4.78, 5) is 24.7. The summed E-state index contributed by atoms with van der Waals surface area (Å²) in [5.41, 5.74) is 0.401. The molecule has 1 aliphatic heterocycles. The van der Waals surface area contributed by atoms with Crippen LogP contribution in [0.25, 0.3) is 0 Å². The van der Waals surface area contributed by atoms with Crippen molar-refractivity contribution in [1.29, 1.82) is 0 Å². The van der Waals surface area contributed by atoms with E-state index in [-0.39, 0.29) is 17.6 Å². The predicted molar refractivity (Wildman–Crippen MR) is 80.9 cm³/mol. The first-order chi connectivity index (χ1) is 9.49. The highest BCUT2D eigenvalue weighted by Gasteiger charge is 2.24. The zero-order chi connectivity index (χ0) is 14.7. The van der Waals surface area contributed by atoms with Crippen LogP contribution in [0.15, 0.2) is 18.2 Å². The van der Waals surface area contributed by atoms with Gasteiger partial charge in [-0.25, -0.2) is 9.59 Å². The van der Waals surface area contributed by atoms with Crippen LogP contribution in [-0.4, -0.2) is 46.6 Å². The monoisotopic (exact) mass is 314 g/mol. The summed E-state index contributed by atoms with van der Waals surface area (Å²) in [5, 5.41) is 11.9. The Morgan fingerprint density at radius 3 is 2.85 bits per heavy atom. The lowest BCUT2D eigenvalue weighted by Crippen LogP contribution is -2.39. The number of anilines is 1. The van der Waals surface area contributed by atoms with Crippen LogP contribution < -0.4 is 5.32 Å². The molecule has 1 aromatic rings. The number of thioether (sulfide) groups is 1. The predicted octanol–water partition coefficient (Wildman–Crippen LogP) is 3.01. The van der Waals surface area contributed by atoms with Gasteiger partial charge in [-0.15, -0.1) is 0 Å². The average molecular weight is 315 g/mol. The van der Waals surface area contributed by atoms with Crippen molar-refractivity contribution < 1.29 is 14.7 Å². The van der Waals surface area contributed by atoms with E-state index in [1.165, 1.54) is 18.2 Å². The van der Waals surface area contributed by atoms with Crippen molar-refractivity contribution in [2.45, 2.75) is 12.5 Å². The molecule has 7 heteroatoms. The van der Waals surface area contributed by atoms with Crippen LogP contribution >= 0.6 is 23.4 Å². The van der Waals surface area contributed by atoms with Crippen LogP contribution in [0, 0.1) is 0 Å². The van der Waals surface area contributed by atoms with Crippen molar-refractivity contribution >= 4 is 41.1 Å². The molecule has 1 heterocycles. The van der Waals surface area contributed by atoms with Gasteiger partial charge >= 0.3 is 12.0 Å². The maximum Gasteiger partial charge on any atom is 0.335 e. The molecule has 2 rings (SSSR count). The van der Waals surface area contributed by atoms with E-state index in [0.29, 0.717) is 10.7 Å². The second-order valence-corrected chi connectivity index (χ2v) is 6.12. The number of hydrogen-bond donors (Lipinski definition) is 2. The topological polar surface area (TPSA) is 69.6 Å². The zero-order valence-corrected chi connectivity index (χ0v) is 12.5. The summed E-state index contributed by atoms with van der Waals surface area (Å²) in [6.45, 7) is 0. The molecule has 2 N–H and O–H groups in total. The largest absolute Gasteiger partial charge is 0.478 e. The summed E-state index contributed by atoms with van der Waals surface area (Å²) in [5.74, 6) is 0.919. The van der Waals surface area contributed by atoms with Crippen molar-refractivity contribution in [2.24, 2.45) is 0 Å². The molecule has 20 heavy (non-hydrogen) atoms. The van der Waals surface area contributed by atoms with Crippen LogP contribution in [0.1, 0.15) is 16.8 Å². The Hall–Kier alpha value is -1.40. The minimum Gasteiger partial charge on any atom is -0.478 e. The van der Waals surface area contributed by atoms with Gasteiger partial charge in [-0.2, -0.15) is 11.8 Å². The van der Waals surface area contributed by atoms with Gasteiger partial charge in [0.1, 0.15) is 0 Å². The van der Waals surface area contributed by atoms with Gasteiger partial charge in [0.05, 0.1) is 16.3 Å². The SMILES string of the molecule is CN(C(=O)Nc1cc(C(=O)O)ccc1Cl)C1CCSC1. The molecule has 0 spiro atoms. The molecular formula is C13H15ClN2O3S. The molecule has 1 atom stereocenters. The number of urea groups is 1. The number of halogens is 1. The second-order valence-electron chi connectivity index (χ2n) is 4.56. The Kier molecular flexibility index (Phi) is 4.77. The Bertz CT molecular complexity index is 532. The summed E-state index contributed by atoms with van der Waals surface area (Å²) in [6, 6.07) is 4.16. The van der Waals surface area contributed by atoms with E-state index in [1.54, 1.807) is 11.9 Å². The van der Waals surface area contributed by atoms with E-state index in [9.17, 15) is 9.59 Å². The molecule has 1 fully saturated rings. The van der Waals surface area contributed by atoms with Crippen LogP contribution in [0.4, 0.5) is 10.5 Å². The number of nitrogens with zero attached hydrogens (tertiary/aromatic N) is 1. The summed E-state index contributed by atoms with van der Waals surface area (Å²) >= 11 is 7.80. The maximum absolute atomic E-state index is 12.1. The zero-order valence-electron chi connectivity index (χ0n) is 10.9. The molecule has 2 amide bonds. The number of amides is 2. The van der Waals surface area contributed by atoms with Gasteiger partial charge in [0, 0.05) is 18.8 Å². The molecule has 0 aromatic heterocycles. The van der Waals surface area contributed by atoms with Crippen LogP contribution in [0.5, 0.6) is 0 Å². The van der Waals surface area contributed by atoms with Gasteiger partial charge in [-0.05, 0) is 30.4 Å². The van der Waals surface area contributed by atoms with Crippen molar-refractivity contribution in [3.63, 3.8) is 0 Å². The molecule has 1 unspecified atom stereocenters. The van der Waals surface area contributed by atoms with E-state index in [0.717, 1.165) is 17.9 Å². The Labute approximate surface area is 126 Å². The first-order valence-corrected chi connectivity index (χ1v) is 7.66. The molecule has 0 bridgehead atoms. The quantitative estimate of drug-likeness (QED) is 0.900. The fraction of sp³-hybridized carbons (Fsp3) is 0.385. The first-order valence-electron chi connectivity index (χ1n) is 6.13. The van der Waals surface area contributed by atoms with Crippen LogP contribution in [0.2, 0.25) is 5.02 Å². The van der Waals surface area contributed by atoms with Gasteiger partial charge in [-0.1, -0.05) is 11.6 Å². The molecule has 5 nitrogen and oxygen atoms in total. The van der Waals surface area contributed by atoms with E-state index in [4.69, 9.17) is 16.7 Å². The highest BCUT2D eigenvalue weighted by molar-refractivity contribution is 7.99. The molecular weight excluding hydrogens is 300 g/mol. The van der Waals surface area contributed by atoms with Crippen LogP contribution in [0.3, 0.4) is 0 Å². The van der Waals surface area contributed by atoms with E-state index >= 15 is 0 Å². The summed E-state index contributed by atoms with van der Waals surface area (Å²) in [6.07, 6.45) is 0.970. The Morgan fingerprint density at radius 2 is 2.25 bits per heavy atom.